The summed E-state index contributed by atoms with van der Waals surface area (Å²) in [5.41, 5.74) is 5.78. The molecule has 0 unspecified atom stereocenters. The average Bonchev–Trinajstić information content (AvgIpc) is 2.94. The van der Waals surface area contributed by atoms with Gasteiger partial charge in [0.1, 0.15) is 0 Å². The van der Waals surface area contributed by atoms with Gasteiger partial charge in [-0.05, 0) is 31.5 Å². The summed E-state index contributed by atoms with van der Waals surface area (Å²) in [7, 11) is 0. The number of nitrogens with zero attached hydrogens (tertiary/aromatic N) is 2. The fourth-order valence-corrected chi connectivity index (χ4v) is 3.13. The molecular weight excluding hydrogens is 240 g/mol. The highest BCUT2D eigenvalue weighted by Crippen LogP contribution is 2.21. The number of benzene rings is 1. The third-order valence-corrected chi connectivity index (χ3v) is 4.45. The Kier molecular flexibility index (Phi) is 2.92. The maximum Gasteiger partial charge on any atom is 0.0797 e. The van der Waals surface area contributed by atoms with Crippen molar-refractivity contribution in [3.05, 3.63) is 52.1 Å². The lowest BCUT2D eigenvalue weighted by atomic mass is 10.1. The monoisotopic (exact) mass is 256 g/mol. The maximum atomic E-state index is 4.30. The fraction of sp³-hybridized carbons (Fsp3) is 0.267. The highest BCUT2D eigenvalue weighted by molar-refractivity contribution is 7.09. The topological polar surface area (TPSA) is 17.8 Å². The van der Waals surface area contributed by atoms with E-state index in [0.29, 0.717) is 0 Å². The van der Waals surface area contributed by atoms with Crippen molar-refractivity contribution in [2.45, 2.75) is 26.8 Å². The van der Waals surface area contributed by atoms with Gasteiger partial charge in [0.25, 0.3) is 0 Å². The van der Waals surface area contributed by atoms with Crippen LogP contribution in [0.25, 0.3) is 10.9 Å². The molecule has 2 aromatic heterocycles. The van der Waals surface area contributed by atoms with E-state index in [9.17, 15) is 0 Å². The number of hydrogen-bond acceptors (Lipinski definition) is 2. The molecule has 92 valence electrons. The number of fused-ring (bicyclic) bond motifs is 1. The van der Waals surface area contributed by atoms with Gasteiger partial charge in [-0.25, -0.2) is 4.98 Å². The molecule has 0 saturated carbocycles. The summed E-state index contributed by atoms with van der Waals surface area (Å²) in [6, 6.07) is 8.71. The van der Waals surface area contributed by atoms with Gasteiger partial charge in [-0.1, -0.05) is 12.1 Å². The van der Waals surface area contributed by atoms with Crippen molar-refractivity contribution in [2.24, 2.45) is 0 Å². The molecule has 0 spiro atoms. The zero-order valence-electron chi connectivity index (χ0n) is 10.7. The van der Waals surface area contributed by atoms with Crippen LogP contribution >= 0.6 is 11.3 Å². The van der Waals surface area contributed by atoms with Gasteiger partial charge in [0.2, 0.25) is 0 Å². The zero-order chi connectivity index (χ0) is 12.5. The summed E-state index contributed by atoms with van der Waals surface area (Å²) in [4.78, 5) is 5.70. The first-order valence-corrected chi connectivity index (χ1v) is 7.07. The van der Waals surface area contributed by atoms with Gasteiger partial charge in [-0.2, -0.15) is 0 Å². The standard InChI is InChI=1S/C15H16N2S/c1-11-4-3-5-14-13(11)6-8-17(14)9-7-15-12(2)16-10-18-15/h3-6,8,10H,7,9H2,1-2H3. The predicted molar refractivity (Wildman–Crippen MR) is 77.2 cm³/mol. The lowest BCUT2D eigenvalue weighted by Crippen LogP contribution is -1.99. The molecule has 2 heterocycles. The molecule has 0 N–H and O–H groups in total. The second-order valence-corrected chi connectivity index (χ2v) is 5.57. The number of aromatic nitrogens is 2. The first kappa shape index (κ1) is 11.5. The van der Waals surface area contributed by atoms with E-state index in [2.05, 4.69) is 53.9 Å². The predicted octanol–water partition coefficient (Wildman–Crippen LogP) is 3.96. The van der Waals surface area contributed by atoms with Crippen molar-refractivity contribution >= 4 is 22.2 Å². The van der Waals surface area contributed by atoms with Crippen molar-refractivity contribution in [3.63, 3.8) is 0 Å². The van der Waals surface area contributed by atoms with Gasteiger partial charge >= 0.3 is 0 Å². The number of hydrogen-bond donors (Lipinski definition) is 0. The van der Waals surface area contributed by atoms with Crippen LogP contribution in [-0.2, 0) is 13.0 Å². The van der Waals surface area contributed by atoms with E-state index in [1.165, 1.54) is 27.0 Å². The fourth-order valence-electron chi connectivity index (χ4n) is 2.36. The Morgan fingerprint density at radius 3 is 2.89 bits per heavy atom. The second kappa shape index (κ2) is 4.58. The van der Waals surface area contributed by atoms with E-state index in [-0.39, 0.29) is 0 Å². The van der Waals surface area contributed by atoms with Gasteiger partial charge in [0.15, 0.2) is 0 Å². The smallest absolute Gasteiger partial charge is 0.0797 e. The SMILES string of the molecule is Cc1ncsc1CCn1ccc2c(C)cccc21. The van der Waals surface area contributed by atoms with E-state index in [1.807, 2.05) is 5.51 Å². The Labute approximate surface area is 111 Å². The molecule has 0 bridgehead atoms. The molecule has 0 atom stereocenters. The van der Waals surface area contributed by atoms with Crippen molar-refractivity contribution in [1.29, 1.82) is 0 Å². The van der Waals surface area contributed by atoms with Crippen LogP contribution in [0.4, 0.5) is 0 Å². The summed E-state index contributed by atoms with van der Waals surface area (Å²) in [6.45, 7) is 5.28. The van der Waals surface area contributed by atoms with Crippen LogP contribution in [0.2, 0.25) is 0 Å². The average molecular weight is 256 g/mol. The first-order chi connectivity index (χ1) is 8.75. The quantitative estimate of drug-likeness (QED) is 0.693. The summed E-state index contributed by atoms with van der Waals surface area (Å²) < 4.78 is 2.33. The van der Waals surface area contributed by atoms with Crippen LogP contribution in [0, 0.1) is 13.8 Å². The highest BCUT2D eigenvalue weighted by Gasteiger charge is 2.05. The van der Waals surface area contributed by atoms with Crippen LogP contribution in [0.5, 0.6) is 0 Å². The van der Waals surface area contributed by atoms with E-state index in [1.54, 1.807) is 11.3 Å². The highest BCUT2D eigenvalue weighted by atomic mass is 32.1. The Hall–Kier alpha value is -1.61. The van der Waals surface area contributed by atoms with Crippen LogP contribution in [0.1, 0.15) is 16.1 Å². The van der Waals surface area contributed by atoms with Crippen molar-refractivity contribution < 1.29 is 0 Å². The first-order valence-electron chi connectivity index (χ1n) is 6.19. The van der Waals surface area contributed by atoms with Crippen LogP contribution in [-0.4, -0.2) is 9.55 Å². The Morgan fingerprint density at radius 1 is 1.22 bits per heavy atom. The van der Waals surface area contributed by atoms with Crippen LogP contribution in [0.15, 0.2) is 36.0 Å². The molecular formula is C15H16N2S. The number of thiazole rings is 1. The molecule has 0 aliphatic carbocycles. The van der Waals surface area contributed by atoms with E-state index in [4.69, 9.17) is 0 Å². The van der Waals surface area contributed by atoms with Gasteiger partial charge in [-0.15, -0.1) is 11.3 Å². The molecule has 2 nitrogen and oxygen atoms in total. The minimum atomic E-state index is 1.02. The number of rotatable bonds is 3. The molecule has 0 amide bonds. The molecule has 3 heteroatoms. The van der Waals surface area contributed by atoms with Crippen LogP contribution in [0.3, 0.4) is 0 Å². The summed E-state index contributed by atoms with van der Waals surface area (Å²) in [5, 5.41) is 1.36. The second-order valence-electron chi connectivity index (χ2n) is 4.63. The number of aryl methyl sites for hydroxylation is 4. The normalized spacial score (nSPS) is 11.2. The Morgan fingerprint density at radius 2 is 2.11 bits per heavy atom. The molecule has 0 aliphatic rings. The molecule has 0 aliphatic heterocycles. The van der Waals surface area contributed by atoms with Gasteiger partial charge in [-0.3, -0.25) is 0 Å². The van der Waals surface area contributed by atoms with E-state index in [0.717, 1.165) is 13.0 Å². The Balaban J connectivity index is 1.87. The molecule has 0 saturated heterocycles. The molecule has 3 rings (SSSR count). The van der Waals surface area contributed by atoms with Crippen LogP contribution < -0.4 is 0 Å². The maximum absolute atomic E-state index is 4.30. The van der Waals surface area contributed by atoms with Crippen molar-refractivity contribution in [1.82, 2.24) is 9.55 Å². The van der Waals surface area contributed by atoms with Crippen molar-refractivity contribution in [2.75, 3.05) is 0 Å². The summed E-state index contributed by atoms with van der Waals surface area (Å²) in [6.07, 6.45) is 3.25. The molecule has 18 heavy (non-hydrogen) atoms. The summed E-state index contributed by atoms with van der Waals surface area (Å²) in [5.74, 6) is 0. The van der Waals surface area contributed by atoms with Gasteiger partial charge < -0.3 is 4.57 Å². The van der Waals surface area contributed by atoms with E-state index >= 15 is 0 Å². The minimum Gasteiger partial charge on any atom is -0.347 e. The molecule has 0 radical (unpaired) electrons. The van der Waals surface area contributed by atoms with Crippen molar-refractivity contribution in [3.8, 4) is 0 Å². The van der Waals surface area contributed by atoms with Gasteiger partial charge in [0, 0.05) is 34.9 Å². The molecule has 1 aromatic carbocycles. The third-order valence-electron chi connectivity index (χ3n) is 3.46. The lowest BCUT2D eigenvalue weighted by Gasteiger charge is -2.05. The zero-order valence-corrected chi connectivity index (χ0v) is 11.5. The minimum absolute atomic E-state index is 1.02. The Bertz CT molecular complexity index is 679. The summed E-state index contributed by atoms with van der Waals surface area (Å²) >= 11 is 1.76. The lowest BCUT2D eigenvalue weighted by molar-refractivity contribution is 0.726. The molecule has 0 fully saturated rings. The molecule has 3 aromatic rings. The largest absolute Gasteiger partial charge is 0.347 e. The third kappa shape index (κ3) is 1.95. The van der Waals surface area contributed by atoms with Gasteiger partial charge in [0.05, 0.1) is 11.2 Å². The van der Waals surface area contributed by atoms with E-state index < -0.39 is 0 Å².